The Morgan fingerprint density at radius 3 is 2.38 bits per heavy atom. The number of hydrogen-bond acceptors (Lipinski definition) is 7. The number of amides is 3. The van der Waals surface area contributed by atoms with Gasteiger partial charge in [-0.05, 0) is 68.3 Å². The molecule has 9 heteroatoms. The number of rotatable bonds is 11. The van der Waals surface area contributed by atoms with Gasteiger partial charge >= 0.3 is 0 Å². The number of methoxy groups -OCH3 is 2. The molecule has 0 spiro atoms. The molecule has 0 radical (unpaired) electrons. The summed E-state index contributed by atoms with van der Waals surface area (Å²) in [6.45, 7) is 4.56. The molecule has 3 aromatic rings. The van der Waals surface area contributed by atoms with Crippen molar-refractivity contribution in [1.82, 2.24) is 4.90 Å². The number of thioether (sulfide) groups is 1. The molecule has 0 aliphatic carbocycles. The molecular formula is C30H31N3O5S. The lowest BCUT2D eigenvalue weighted by Gasteiger charge is -2.15. The third kappa shape index (κ3) is 6.68. The van der Waals surface area contributed by atoms with Crippen LogP contribution in [0.3, 0.4) is 0 Å². The molecule has 0 atom stereocenters. The number of ether oxygens (including phenoxy) is 2. The van der Waals surface area contributed by atoms with Crippen LogP contribution >= 0.6 is 11.8 Å². The van der Waals surface area contributed by atoms with Crippen LogP contribution in [0.5, 0.6) is 5.75 Å². The van der Waals surface area contributed by atoms with Gasteiger partial charge in [-0.1, -0.05) is 41.6 Å². The maximum atomic E-state index is 13.5. The van der Waals surface area contributed by atoms with E-state index in [-0.39, 0.29) is 29.0 Å². The van der Waals surface area contributed by atoms with Gasteiger partial charge in [0.1, 0.15) is 16.4 Å². The van der Waals surface area contributed by atoms with Crippen LogP contribution in [-0.2, 0) is 14.3 Å². The molecule has 202 valence electrons. The molecule has 0 aromatic heterocycles. The van der Waals surface area contributed by atoms with Crippen LogP contribution in [0.15, 0.2) is 82.2 Å². The van der Waals surface area contributed by atoms with Crippen molar-refractivity contribution in [2.75, 3.05) is 38.0 Å². The third-order valence-corrected chi connectivity index (χ3v) is 7.17. The average molecular weight is 546 g/mol. The first kappa shape index (κ1) is 27.9. The van der Waals surface area contributed by atoms with Crippen molar-refractivity contribution in [3.8, 4) is 5.75 Å². The van der Waals surface area contributed by atoms with Crippen molar-refractivity contribution < 1.29 is 23.9 Å². The molecule has 0 fully saturated rings. The Kier molecular flexibility index (Phi) is 9.06. The summed E-state index contributed by atoms with van der Waals surface area (Å²) >= 11 is 1.17. The number of carbonyl (C=O) groups excluding carboxylic acids is 3. The zero-order valence-corrected chi connectivity index (χ0v) is 23.2. The first-order chi connectivity index (χ1) is 18.8. The van der Waals surface area contributed by atoms with Crippen molar-refractivity contribution in [3.63, 3.8) is 0 Å². The molecule has 0 saturated heterocycles. The molecule has 0 saturated carbocycles. The maximum absolute atomic E-state index is 13.5. The van der Waals surface area contributed by atoms with Crippen molar-refractivity contribution in [2.45, 2.75) is 25.2 Å². The van der Waals surface area contributed by atoms with E-state index >= 15 is 0 Å². The second kappa shape index (κ2) is 12.6. The molecule has 3 amide bonds. The van der Waals surface area contributed by atoms with Crippen LogP contribution in [0.25, 0.3) is 0 Å². The summed E-state index contributed by atoms with van der Waals surface area (Å²) in [7, 11) is 3.13. The Morgan fingerprint density at radius 1 is 0.923 bits per heavy atom. The normalized spacial score (nSPS) is 13.2. The van der Waals surface area contributed by atoms with E-state index in [2.05, 4.69) is 10.6 Å². The fourth-order valence-electron chi connectivity index (χ4n) is 4.05. The predicted molar refractivity (Wildman–Crippen MR) is 153 cm³/mol. The van der Waals surface area contributed by atoms with Gasteiger partial charge in [-0.15, -0.1) is 0 Å². The molecule has 39 heavy (non-hydrogen) atoms. The van der Waals surface area contributed by atoms with Crippen molar-refractivity contribution in [3.05, 3.63) is 94.0 Å². The monoisotopic (exact) mass is 545 g/mol. The smallest absolute Gasteiger partial charge is 0.278 e. The van der Waals surface area contributed by atoms with E-state index in [1.807, 2.05) is 50.2 Å². The third-order valence-electron chi connectivity index (χ3n) is 6.10. The van der Waals surface area contributed by atoms with Crippen LogP contribution in [-0.4, -0.2) is 50.0 Å². The van der Waals surface area contributed by atoms with Crippen molar-refractivity contribution >= 4 is 40.9 Å². The highest BCUT2D eigenvalue weighted by Gasteiger charge is 2.39. The molecular weight excluding hydrogens is 514 g/mol. The van der Waals surface area contributed by atoms with Crippen LogP contribution in [0.4, 0.5) is 11.4 Å². The van der Waals surface area contributed by atoms with Gasteiger partial charge < -0.3 is 20.1 Å². The summed E-state index contributed by atoms with van der Waals surface area (Å²) in [6, 6.07) is 20.1. The number of carbonyl (C=O) groups is 3. The molecule has 1 heterocycles. The standard InChI is InChI=1S/C30H31N3O5S/c1-19-9-12-21(13-10-19)28(34)31-22-7-5-8-23(18-22)39-27-26(29(35)33(30(27)36)15-6-16-37-3)32-24-17-20(2)11-14-25(24)38-4/h5,7-14,17-18,32H,6,15-16H2,1-4H3,(H,31,34). The molecule has 4 rings (SSSR count). The van der Waals surface area contributed by atoms with Gasteiger partial charge in [0.2, 0.25) is 0 Å². The summed E-state index contributed by atoms with van der Waals surface area (Å²) in [5.41, 5.74) is 3.93. The molecule has 0 unspecified atom stereocenters. The molecule has 1 aliphatic rings. The first-order valence-electron chi connectivity index (χ1n) is 12.5. The van der Waals surface area contributed by atoms with E-state index in [9.17, 15) is 14.4 Å². The minimum atomic E-state index is -0.411. The van der Waals surface area contributed by atoms with Crippen LogP contribution in [0, 0.1) is 13.8 Å². The van der Waals surface area contributed by atoms with Crippen LogP contribution in [0.2, 0.25) is 0 Å². The number of nitrogens with one attached hydrogen (secondary N) is 2. The highest BCUT2D eigenvalue weighted by atomic mass is 32.2. The van der Waals surface area contributed by atoms with Gasteiger partial charge in [-0.3, -0.25) is 19.3 Å². The maximum Gasteiger partial charge on any atom is 0.278 e. The molecule has 3 aromatic carbocycles. The van der Waals surface area contributed by atoms with Gasteiger partial charge in [-0.25, -0.2) is 0 Å². The largest absolute Gasteiger partial charge is 0.495 e. The van der Waals surface area contributed by atoms with E-state index in [0.29, 0.717) is 40.6 Å². The summed E-state index contributed by atoms with van der Waals surface area (Å²) in [5.74, 6) is -0.478. The summed E-state index contributed by atoms with van der Waals surface area (Å²) in [6.07, 6.45) is 0.521. The second-order valence-corrected chi connectivity index (χ2v) is 10.2. The second-order valence-electron chi connectivity index (χ2n) is 9.09. The first-order valence-corrected chi connectivity index (χ1v) is 13.3. The van der Waals surface area contributed by atoms with Gasteiger partial charge in [0, 0.05) is 36.4 Å². The zero-order chi connectivity index (χ0) is 27.9. The number of anilines is 2. The summed E-state index contributed by atoms with van der Waals surface area (Å²) in [4.78, 5) is 41.8. The quantitative estimate of drug-likeness (QED) is 0.246. The number of benzene rings is 3. The fourth-order valence-corrected chi connectivity index (χ4v) is 5.05. The summed E-state index contributed by atoms with van der Waals surface area (Å²) < 4.78 is 10.6. The highest BCUT2D eigenvalue weighted by molar-refractivity contribution is 8.04. The minimum absolute atomic E-state index is 0.181. The molecule has 0 bridgehead atoms. The zero-order valence-electron chi connectivity index (χ0n) is 22.4. The number of aryl methyl sites for hydroxylation is 2. The van der Waals surface area contributed by atoms with E-state index < -0.39 is 5.91 Å². The highest BCUT2D eigenvalue weighted by Crippen LogP contribution is 2.38. The predicted octanol–water partition coefficient (Wildman–Crippen LogP) is 5.39. The Labute approximate surface area is 232 Å². The van der Waals surface area contributed by atoms with E-state index in [1.165, 1.54) is 16.7 Å². The molecule has 1 aliphatic heterocycles. The van der Waals surface area contributed by atoms with Crippen molar-refractivity contribution in [2.24, 2.45) is 0 Å². The van der Waals surface area contributed by atoms with Crippen LogP contribution < -0.4 is 15.4 Å². The molecule has 8 nitrogen and oxygen atoms in total. The van der Waals surface area contributed by atoms with Crippen molar-refractivity contribution in [1.29, 1.82) is 0 Å². The topological polar surface area (TPSA) is 97.0 Å². The number of imide groups is 1. The minimum Gasteiger partial charge on any atom is -0.495 e. The van der Waals surface area contributed by atoms with E-state index in [0.717, 1.165) is 11.1 Å². The Bertz CT molecular complexity index is 1420. The SMILES string of the molecule is COCCCN1C(=O)C(Nc2cc(C)ccc2OC)=C(Sc2cccc(NC(=O)c3ccc(C)cc3)c2)C1=O. The van der Waals surface area contributed by atoms with Gasteiger partial charge in [0.25, 0.3) is 17.7 Å². The lowest BCUT2D eigenvalue weighted by Crippen LogP contribution is -2.33. The molecule has 2 N–H and O–H groups in total. The van der Waals surface area contributed by atoms with E-state index in [4.69, 9.17) is 9.47 Å². The van der Waals surface area contributed by atoms with E-state index in [1.54, 1.807) is 44.6 Å². The summed E-state index contributed by atoms with van der Waals surface area (Å²) in [5, 5.41) is 6.07. The Morgan fingerprint density at radius 2 is 1.67 bits per heavy atom. The lowest BCUT2D eigenvalue weighted by molar-refractivity contribution is -0.137. The van der Waals surface area contributed by atoms with Gasteiger partial charge in [0.15, 0.2) is 0 Å². The Balaban J connectivity index is 1.62. The number of hydrogen-bond donors (Lipinski definition) is 2. The average Bonchev–Trinajstić information content (AvgIpc) is 3.13. The van der Waals surface area contributed by atoms with Gasteiger partial charge in [-0.2, -0.15) is 0 Å². The fraction of sp³-hybridized carbons (Fsp3) is 0.233. The number of nitrogens with zero attached hydrogens (tertiary/aromatic N) is 1. The van der Waals surface area contributed by atoms with Gasteiger partial charge in [0.05, 0.1) is 12.8 Å². The Hall–Kier alpha value is -4.08. The van der Waals surface area contributed by atoms with Crippen LogP contribution in [0.1, 0.15) is 27.9 Å². The lowest BCUT2D eigenvalue weighted by atomic mass is 10.1.